The first kappa shape index (κ1) is 14.9. The van der Waals surface area contributed by atoms with Gasteiger partial charge in [-0.2, -0.15) is 0 Å². The average molecular weight is 243 g/mol. The highest BCUT2D eigenvalue weighted by molar-refractivity contribution is 5.02. The number of aliphatic hydroxyl groups excluding tert-OH is 1. The molecule has 1 rings (SSSR count). The molecule has 1 saturated carbocycles. The van der Waals surface area contributed by atoms with Gasteiger partial charge in [0.05, 0.1) is 12.2 Å². The zero-order valence-electron chi connectivity index (χ0n) is 12.0. The van der Waals surface area contributed by atoms with Gasteiger partial charge in [-0.25, -0.2) is 0 Å². The Morgan fingerprint density at radius 2 is 2.06 bits per heavy atom. The summed E-state index contributed by atoms with van der Waals surface area (Å²) in [7, 11) is 0. The lowest BCUT2D eigenvalue weighted by molar-refractivity contribution is -0.116. The van der Waals surface area contributed by atoms with Crippen LogP contribution < -0.4 is 5.32 Å². The maximum absolute atomic E-state index is 9.93. The van der Waals surface area contributed by atoms with Crippen molar-refractivity contribution in [3.8, 4) is 0 Å². The van der Waals surface area contributed by atoms with E-state index < -0.39 is 0 Å². The van der Waals surface area contributed by atoms with Crippen LogP contribution in [0.3, 0.4) is 0 Å². The highest BCUT2D eigenvalue weighted by Crippen LogP contribution is 2.42. The SMILES string of the molecule is CCOC1CC(NCC(O)C(C)CC)C1(C)C. The molecule has 4 atom stereocenters. The Bertz CT molecular complexity index is 230. The molecule has 0 saturated heterocycles. The molecule has 0 aromatic heterocycles. The number of aliphatic hydroxyl groups is 1. The van der Waals surface area contributed by atoms with Gasteiger partial charge in [-0.3, -0.25) is 0 Å². The van der Waals surface area contributed by atoms with E-state index in [9.17, 15) is 5.11 Å². The lowest BCUT2D eigenvalue weighted by atomic mass is 9.64. The number of hydrogen-bond donors (Lipinski definition) is 2. The Hall–Kier alpha value is -0.120. The van der Waals surface area contributed by atoms with Crippen molar-refractivity contribution in [1.29, 1.82) is 0 Å². The Morgan fingerprint density at radius 3 is 2.53 bits per heavy atom. The molecule has 0 aromatic rings. The molecule has 0 amide bonds. The van der Waals surface area contributed by atoms with Gasteiger partial charge in [0.2, 0.25) is 0 Å². The minimum Gasteiger partial charge on any atom is -0.392 e. The van der Waals surface area contributed by atoms with Crippen molar-refractivity contribution in [1.82, 2.24) is 5.32 Å². The first-order valence-corrected chi connectivity index (χ1v) is 6.96. The van der Waals surface area contributed by atoms with E-state index in [1.54, 1.807) is 0 Å². The van der Waals surface area contributed by atoms with Gasteiger partial charge in [-0.1, -0.05) is 34.1 Å². The lowest BCUT2D eigenvalue weighted by Gasteiger charge is -2.52. The molecule has 0 heterocycles. The van der Waals surface area contributed by atoms with Crippen LogP contribution in [-0.4, -0.2) is 36.5 Å². The second kappa shape index (κ2) is 6.17. The summed E-state index contributed by atoms with van der Waals surface area (Å²) in [4.78, 5) is 0. The van der Waals surface area contributed by atoms with Gasteiger partial charge < -0.3 is 15.2 Å². The van der Waals surface area contributed by atoms with Crippen LogP contribution >= 0.6 is 0 Å². The number of rotatable bonds is 7. The molecule has 1 aliphatic rings. The summed E-state index contributed by atoms with van der Waals surface area (Å²) in [6, 6.07) is 0.470. The van der Waals surface area contributed by atoms with E-state index in [4.69, 9.17) is 4.74 Å². The molecule has 0 radical (unpaired) electrons. The fourth-order valence-corrected chi connectivity index (χ4v) is 2.45. The number of nitrogens with one attached hydrogen (secondary N) is 1. The molecule has 0 aromatic carbocycles. The fourth-order valence-electron chi connectivity index (χ4n) is 2.45. The maximum atomic E-state index is 9.93. The summed E-state index contributed by atoms with van der Waals surface area (Å²) in [6.45, 7) is 12.2. The number of ether oxygens (including phenoxy) is 1. The van der Waals surface area contributed by atoms with Crippen molar-refractivity contribution in [3.05, 3.63) is 0 Å². The molecule has 17 heavy (non-hydrogen) atoms. The smallest absolute Gasteiger partial charge is 0.0690 e. The Balaban J connectivity index is 2.30. The van der Waals surface area contributed by atoms with Crippen LogP contribution in [-0.2, 0) is 4.74 Å². The normalized spacial score (nSPS) is 30.7. The summed E-state index contributed by atoms with van der Waals surface area (Å²) in [5.41, 5.74) is 0.186. The highest BCUT2D eigenvalue weighted by atomic mass is 16.5. The van der Waals surface area contributed by atoms with Gasteiger partial charge in [-0.05, 0) is 19.3 Å². The molecule has 102 valence electrons. The Morgan fingerprint density at radius 1 is 1.41 bits per heavy atom. The Labute approximate surface area is 106 Å². The molecule has 0 spiro atoms. The van der Waals surface area contributed by atoms with Crippen molar-refractivity contribution in [2.45, 2.75) is 65.7 Å². The van der Waals surface area contributed by atoms with Crippen molar-refractivity contribution in [3.63, 3.8) is 0 Å². The summed E-state index contributed by atoms with van der Waals surface area (Å²) >= 11 is 0. The topological polar surface area (TPSA) is 41.5 Å². The van der Waals surface area contributed by atoms with E-state index in [0.717, 1.165) is 19.4 Å². The fraction of sp³-hybridized carbons (Fsp3) is 1.00. The Kier molecular flexibility index (Phi) is 5.42. The van der Waals surface area contributed by atoms with E-state index in [0.29, 0.717) is 24.6 Å². The van der Waals surface area contributed by atoms with Gasteiger partial charge in [0.1, 0.15) is 0 Å². The monoisotopic (exact) mass is 243 g/mol. The predicted octanol–water partition coefficient (Wildman–Crippen LogP) is 2.19. The molecule has 4 unspecified atom stereocenters. The standard InChI is InChI=1S/C14H29NO2/c1-6-10(3)11(16)9-15-12-8-13(17-7-2)14(12,4)5/h10-13,15-16H,6-9H2,1-5H3. The van der Waals surface area contributed by atoms with Crippen LogP contribution in [0.25, 0.3) is 0 Å². The highest BCUT2D eigenvalue weighted by Gasteiger charge is 2.48. The second-order valence-electron chi connectivity index (χ2n) is 5.91. The van der Waals surface area contributed by atoms with Crippen molar-refractivity contribution < 1.29 is 9.84 Å². The van der Waals surface area contributed by atoms with Crippen LogP contribution in [0.4, 0.5) is 0 Å². The summed E-state index contributed by atoms with van der Waals surface area (Å²) in [5.74, 6) is 0.369. The van der Waals surface area contributed by atoms with Gasteiger partial charge in [0.15, 0.2) is 0 Å². The van der Waals surface area contributed by atoms with E-state index in [1.165, 1.54) is 0 Å². The van der Waals surface area contributed by atoms with Crippen molar-refractivity contribution >= 4 is 0 Å². The molecule has 1 aliphatic carbocycles. The molecule has 3 nitrogen and oxygen atoms in total. The predicted molar refractivity (Wildman–Crippen MR) is 71.1 cm³/mol. The summed E-state index contributed by atoms with van der Waals surface area (Å²) in [6.07, 6.45) is 2.22. The molecular weight excluding hydrogens is 214 g/mol. The molecule has 1 fully saturated rings. The summed E-state index contributed by atoms with van der Waals surface area (Å²) < 4.78 is 5.70. The molecular formula is C14H29NO2. The first-order chi connectivity index (χ1) is 7.93. The molecule has 2 N–H and O–H groups in total. The van der Waals surface area contributed by atoms with Gasteiger partial charge in [0.25, 0.3) is 0 Å². The van der Waals surface area contributed by atoms with E-state index >= 15 is 0 Å². The summed E-state index contributed by atoms with van der Waals surface area (Å²) in [5, 5.41) is 13.4. The van der Waals surface area contributed by atoms with E-state index in [-0.39, 0.29) is 11.5 Å². The van der Waals surface area contributed by atoms with Crippen molar-refractivity contribution in [2.24, 2.45) is 11.3 Å². The van der Waals surface area contributed by atoms with Gasteiger partial charge in [-0.15, -0.1) is 0 Å². The molecule has 3 heteroatoms. The van der Waals surface area contributed by atoms with Gasteiger partial charge >= 0.3 is 0 Å². The van der Waals surface area contributed by atoms with Crippen LogP contribution in [0, 0.1) is 11.3 Å². The zero-order valence-corrected chi connectivity index (χ0v) is 12.0. The zero-order chi connectivity index (χ0) is 13.1. The average Bonchev–Trinajstić information content (AvgIpc) is 2.31. The minimum absolute atomic E-state index is 0.186. The largest absolute Gasteiger partial charge is 0.392 e. The lowest BCUT2D eigenvalue weighted by Crippen LogP contribution is -2.62. The van der Waals surface area contributed by atoms with Gasteiger partial charge in [0, 0.05) is 24.6 Å². The van der Waals surface area contributed by atoms with Crippen LogP contribution in [0.1, 0.15) is 47.5 Å². The van der Waals surface area contributed by atoms with Crippen molar-refractivity contribution in [2.75, 3.05) is 13.2 Å². The first-order valence-electron chi connectivity index (χ1n) is 6.96. The van der Waals surface area contributed by atoms with E-state index in [1.807, 2.05) is 6.92 Å². The second-order valence-corrected chi connectivity index (χ2v) is 5.91. The minimum atomic E-state index is -0.234. The third kappa shape index (κ3) is 3.43. The van der Waals surface area contributed by atoms with E-state index in [2.05, 4.69) is 33.0 Å². The maximum Gasteiger partial charge on any atom is 0.0690 e. The van der Waals surface area contributed by atoms with Crippen LogP contribution in [0.5, 0.6) is 0 Å². The number of hydrogen-bond acceptors (Lipinski definition) is 3. The van der Waals surface area contributed by atoms with Crippen LogP contribution in [0.15, 0.2) is 0 Å². The third-order valence-corrected chi connectivity index (χ3v) is 4.42. The molecule has 0 bridgehead atoms. The van der Waals surface area contributed by atoms with Crippen LogP contribution in [0.2, 0.25) is 0 Å². The molecule has 0 aliphatic heterocycles. The third-order valence-electron chi connectivity index (χ3n) is 4.42. The quantitative estimate of drug-likeness (QED) is 0.720.